The van der Waals surface area contributed by atoms with Gasteiger partial charge >= 0.3 is 23.9 Å². The van der Waals surface area contributed by atoms with E-state index >= 15 is 0 Å². The van der Waals surface area contributed by atoms with Gasteiger partial charge in [0.05, 0.1) is 0 Å². The van der Waals surface area contributed by atoms with Crippen LogP contribution in [-0.2, 0) is 32.0 Å². The van der Waals surface area contributed by atoms with E-state index in [9.17, 15) is 19.2 Å². The molecule has 182 valence electrons. The standard InChI is InChI=1S/C26H24O8S/c1-15(27)31-22-7-5-19(12-24(22)33-17(3)29)11-21-9-10-35-26(21)14-20-6-8-23(32-16(2)28)25(13-20)34-18(4)30/h5-10,12-13H,11,14H2,1-4H3. The molecule has 8 nitrogen and oxygen atoms in total. The first-order valence-electron chi connectivity index (χ1n) is 10.7. The monoisotopic (exact) mass is 496 g/mol. The second kappa shape index (κ2) is 11.4. The zero-order chi connectivity index (χ0) is 25.5. The summed E-state index contributed by atoms with van der Waals surface area (Å²) in [6, 6.07) is 12.2. The van der Waals surface area contributed by atoms with Gasteiger partial charge in [-0.05, 0) is 58.8 Å². The molecule has 0 radical (unpaired) electrons. The predicted octanol–water partition coefficient (Wildman–Crippen LogP) is 4.63. The molecule has 9 heteroatoms. The average Bonchev–Trinajstić information content (AvgIpc) is 3.17. The van der Waals surface area contributed by atoms with Crippen LogP contribution in [0.2, 0.25) is 0 Å². The Balaban J connectivity index is 1.84. The smallest absolute Gasteiger partial charge is 0.308 e. The fourth-order valence-electron chi connectivity index (χ4n) is 3.36. The Labute approximate surface area is 206 Å². The molecule has 0 atom stereocenters. The molecule has 0 fully saturated rings. The molecule has 2 aromatic carbocycles. The third-order valence-corrected chi connectivity index (χ3v) is 5.59. The molecule has 0 aliphatic rings. The summed E-state index contributed by atoms with van der Waals surface area (Å²) in [6.07, 6.45) is 1.11. The van der Waals surface area contributed by atoms with Crippen LogP contribution in [0.15, 0.2) is 47.8 Å². The van der Waals surface area contributed by atoms with E-state index < -0.39 is 23.9 Å². The highest BCUT2D eigenvalue weighted by atomic mass is 32.1. The molecule has 3 aromatic rings. The lowest BCUT2D eigenvalue weighted by Crippen LogP contribution is -2.08. The molecule has 0 spiro atoms. The maximum atomic E-state index is 11.5. The van der Waals surface area contributed by atoms with Crippen molar-refractivity contribution in [3.8, 4) is 23.0 Å². The summed E-state index contributed by atoms with van der Waals surface area (Å²) in [5.41, 5.74) is 2.79. The Hall–Kier alpha value is -3.98. The van der Waals surface area contributed by atoms with Gasteiger partial charge in [-0.2, -0.15) is 0 Å². The highest BCUT2D eigenvalue weighted by molar-refractivity contribution is 7.10. The lowest BCUT2D eigenvalue weighted by atomic mass is 10.0. The van der Waals surface area contributed by atoms with Crippen molar-refractivity contribution >= 4 is 35.2 Å². The van der Waals surface area contributed by atoms with Crippen LogP contribution in [0.25, 0.3) is 0 Å². The lowest BCUT2D eigenvalue weighted by molar-refractivity contribution is -0.134. The van der Waals surface area contributed by atoms with Crippen LogP contribution in [0.3, 0.4) is 0 Å². The number of hydrogen-bond donors (Lipinski definition) is 0. The molecule has 0 aliphatic heterocycles. The first-order valence-corrected chi connectivity index (χ1v) is 11.5. The van der Waals surface area contributed by atoms with Crippen LogP contribution in [-0.4, -0.2) is 23.9 Å². The van der Waals surface area contributed by atoms with E-state index in [0.717, 1.165) is 21.6 Å². The van der Waals surface area contributed by atoms with Gasteiger partial charge in [-0.1, -0.05) is 12.1 Å². The molecule has 3 rings (SSSR count). The van der Waals surface area contributed by atoms with Gasteiger partial charge in [-0.25, -0.2) is 0 Å². The summed E-state index contributed by atoms with van der Waals surface area (Å²) in [6.45, 7) is 5.10. The molecular formula is C26H24O8S. The number of ether oxygens (including phenoxy) is 4. The van der Waals surface area contributed by atoms with Gasteiger partial charge in [0.2, 0.25) is 0 Å². The molecule has 0 saturated heterocycles. The van der Waals surface area contributed by atoms with Gasteiger partial charge in [0.1, 0.15) is 0 Å². The molecule has 0 saturated carbocycles. The van der Waals surface area contributed by atoms with Gasteiger partial charge in [0.25, 0.3) is 0 Å². The summed E-state index contributed by atoms with van der Waals surface area (Å²) in [4.78, 5) is 46.8. The lowest BCUT2D eigenvalue weighted by Gasteiger charge is -2.12. The van der Waals surface area contributed by atoms with E-state index in [4.69, 9.17) is 18.9 Å². The van der Waals surface area contributed by atoms with Gasteiger partial charge in [-0.3, -0.25) is 19.2 Å². The number of hydrogen-bond acceptors (Lipinski definition) is 9. The summed E-state index contributed by atoms with van der Waals surface area (Å²) < 4.78 is 20.7. The first-order chi connectivity index (χ1) is 16.6. The minimum absolute atomic E-state index is 0.174. The third kappa shape index (κ3) is 7.51. The van der Waals surface area contributed by atoms with Crippen molar-refractivity contribution in [1.29, 1.82) is 0 Å². The van der Waals surface area contributed by atoms with Crippen LogP contribution < -0.4 is 18.9 Å². The van der Waals surface area contributed by atoms with E-state index in [-0.39, 0.29) is 23.0 Å². The summed E-state index contributed by atoms with van der Waals surface area (Å²) >= 11 is 1.58. The molecule has 0 N–H and O–H groups in total. The van der Waals surface area contributed by atoms with Crippen molar-refractivity contribution in [2.24, 2.45) is 0 Å². The average molecular weight is 497 g/mol. The Morgan fingerprint density at radius 2 is 1.03 bits per heavy atom. The summed E-state index contributed by atoms with van der Waals surface area (Å²) in [7, 11) is 0. The van der Waals surface area contributed by atoms with Crippen LogP contribution in [0, 0.1) is 0 Å². The maximum absolute atomic E-state index is 11.5. The molecule has 1 aromatic heterocycles. The Morgan fingerprint density at radius 3 is 1.49 bits per heavy atom. The van der Waals surface area contributed by atoms with E-state index in [2.05, 4.69) is 0 Å². The second-order valence-corrected chi connectivity index (χ2v) is 8.66. The maximum Gasteiger partial charge on any atom is 0.308 e. The van der Waals surface area contributed by atoms with Crippen LogP contribution in [0.1, 0.15) is 49.3 Å². The van der Waals surface area contributed by atoms with E-state index in [1.807, 2.05) is 17.5 Å². The number of rotatable bonds is 8. The van der Waals surface area contributed by atoms with E-state index in [1.165, 1.54) is 27.7 Å². The van der Waals surface area contributed by atoms with Gasteiger partial charge in [0.15, 0.2) is 23.0 Å². The fraction of sp³-hybridized carbons (Fsp3) is 0.231. The van der Waals surface area contributed by atoms with Crippen molar-refractivity contribution in [2.75, 3.05) is 0 Å². The molecular weight excluding hydrogens is 472 g/mol. The molecule has 35 heavy (non-hydrogen) atoms. The van der Waals surface area contributed by atoms with Crippen LogP contribution >= 0.6 is 11.3 Å². The Bertz CT molecular complexity index is 1180. The van der Waals surface area contributed by atoms with E-state index in [1.54, 1.807) is 41.7 Å². The number of esters is 4. The fourth-order valence-corrected chi connectivity index (χ4v) is 4.30. The third-order valence-electron chi connectivity index (χ3n) is 4.63. The predicted molar refractivity (Wildman–Crippen MR) is 128 cm³/mol. The van der Waals surface area contributed by atoms with Crippen molar-refractivity contribution in [3.05, 3.63) is 69.4 Å². The quantitative estimate of drug-likeness (QED) is 0.328. The van der Waals surface area contributed by atoms with Gasteiger partial charge < -0.3 is 18.9 Å². The summed E-state index contributed by atoms with van der Waals surface area (Å²) in [5.74, 6) is -1.37. The molecule has 0 amide bonds. The molecule has 0 bridgehead atoms. The molecule has 0 unspecified atom stereocenters. The number of benzene rings is 2. The SMILES string of the molecule is CC(=O)Oc1ccc(Cc2ccsc2Cc2ccc(OC(C)=O)c(OC(C)=O)c2)cc1OC(C)=O. The Kier molecular flexibility index (Phi) is 8.38. The zero-order valence-electron chi connectivity index (χ0n) is 19.7. The highest BCUT2D eigenvalue weighted by Gasteiger charge is 2.15. The van der Waals surface area contributed by atoms with Crippen LogP contribution in [0.4, 0.5) is 0 Å². The number of thiophene rings is 1. The first kappa shape index (κ1) is 25.6. The van der Waals surface area contributed by atoms with Crippen LogP contribution in [0.5, 0.6) is 23.0 Å². The van der Waals surface area contributed by atoms with Gasteiger partial charge in [-0.15, -0.1) is 11.3 Å². The second-order valence-electron chi connectivity index (χ2n) is 7.66. The van der Waals surface area contributed by atoms with Crippen molar-refractivity contribution < 1.29 is 38.1 Å². The van der Waals surface area contributed by atoms with Gasteiger partial charge in [0, 0.05) is 39.0 Å². The molecule has 1 heterocycles. The van der Waals surface area contributed by atoms with Crippen molar-refractivity contribution in [3.63, 3.8) is 0 Å². The van der Waals surface area contributed by atoms with Crippen molar-refractivity contribution in [1.82, 2.24) is 0 Å². The molecule has 0 aliphatic carbocycles. The zero-order valence-corrected chi connectivity index (χ0v) is 20.5. The minimum Gasteiger partial charge on any atom is -0.423 e. The minimum atomic E-state index is -0.521. The van der Waals surface area contributed by atoms with Crippen molar-refractivity contribution in [2.45, 2.75) is 40.5 Å². The largest absolute Gasteiger partial charge is 0.423 e. The summed E-state index contributed by atoms with van der Waals surface area (Å²) in [5, 5.41) is 1.98. The number of carbonyl (C=O) groups excluding carboxylic acids is 4. The Morgan fingerprint density at radius 1 is 0.600 bits per heavy atom. The van der Waals surface area contributed by atoms with E-state index in [0.29, 0.717) is 12.8 Å². The normalized spacial score (nSPS) is 10.4. The topological polar surface area (TPSA) is 105 Å². The number of carbonyl (C=O) groups is 4. The highest BCUT2D eigenvalue weighted by Crippen LogP contribution is 2.33.